The summed E-state index contributed by atoms with van der Waals surface area (Å²) in [6, 6.07) is 5.47. The molecule has 1 aromatic carbocycles. The van der Waals surface area contributed by atoms with Crippen molar-refractivity contribution in [2.45, 2.75) is 32.7 Å². The lowest BCUT2D eigenvalue weighted by Gasteiger charge is -2.31. The van der Waals surface area contributed by atoms with E-state index in [9.17, 15) is 9.59 Å². The van der Waals surface area contributed by atoms with Crippen LogP contribution in [-0.4, -0.2) is 49.0 Å². The van der Waals surface area contributed by atoms with Gasteiger partial charge in [-0.25, -0.2) is 0 Å². The van der Waals surface area contributed by atoms with Crippen LogP contribution in [-0.2, 0) is 4.79 Å². The molecule has 1 atom stereocenters. The lowest BCUT2D eigenvalue weighted by atomic mass is 10.0. The van der Waals surface area contributed by atoms with E-state index in [0.29, 0.717) is 35.5 Å². The van der Waals surface area contributed by atoms with Crippen molar-refractivity contribution in [1.82, 2.24) is 10.2 Å². The average molecular weight is 331 g/mol. The van der Waals surface area contributed by atoms with Crippen molar-refractivity contribution in [3.05, 3.63) is 23.8 Å². The summed E-state index contributed by atoms with van der Waals surface area (Å²) in [4.78, 5) is 26.2. The van der Waals surface area contributed by atoms with E-state index in [4.69, 9.17) is 4.74 Å². The quantitative estimate of drug-likeness (QED) is 0.864. The first-order valence-corrected chi connectivity index (χ1v) is 8.63. The molecule has 1 fully saturated rings. The van der Waals surface area contributed by atoms with Gasteiger partial charge in [-0.05, 0) is 50.0 Å². The van der Waals surface area contributed by atoms with Gasteiger partial charge in [0.15, 0.2) is 6.61 Å². The number of rotatable bonds is 5. The smallest absolute Gasteiger partial charge is 0.262 e. The summed E-state index contributed by atoms with van der Waals surface area (Å²) in [5, 5.41) is 5.78. The molecule has 24 heavy (non-hydrogen) atoms. The fraction of sp³-hybridized carbons (Fsp3) is 0.556. The minimum Gasteiger partial charge on any atom is -0.482 e. The van der Waals surface area contributed by atoms with Crippen LogP contribution >= 0.6 is 0 Å². The molecule has 0 unspecified atom stereocenters. The molecule has 6 nitrogen and oxygen atoms in total. The molecule has 0 aliphatic carbocycles. The summed E-state index contributed by atoms with van der Waals surface area (Å²) in [5.74, 6) is 0.751. The minimum absolute atomic E-state index is 0.0115. The molecule has 1 aromatic rings. The number of benzene rings is 1. The monoisotopic (exact) mass is 331 g/mol. The number of fused-ring (bicyclic) bond motifs is 1. The van der Waals surface area contributed by atoms with Gasteiger partial charge >= 0.3 is 0 Å². The Bertz CT molecular complexity index is 624. The maximum Gasteiger partial charge on any atom is 0.262 e. The number of nitrogens with one attached hydrogen (secondary N) is 2. The van der Waals surface area contributed by atoms with Gasteiger partial charge in [0.25, 0.3) is 11.8 Å². The predicted octanol–water partition coefficient (Wildman–Crippen LogP) is 1.87. The first kappa shape index (κ1) is 16.8. The number of hydrogen-bond acceptors (Lipinski definition) is 4. The zero-order valence-corrected chi connectivity index (χ0v) is 14.3. The lowest BCUT2D eigenvalue weighted by molar-refractivity contribution is -0.118. The SMILES string of the molecule is CC(C)[C@H](CNC(=O)c1ccc2c(c1)OCC(=O)N2)N1CCCC1. The Balaban J connectivity index is 1.63. The molecule has 0 spiro atoms. The summed E-state index contributed by atoms with van der Waals surface area (Å²) in [6.07, 6.45) is 2.48. The zero-order chi connectivity index (χ0) is 17.1. The fourth-order valence-corrected chi connectivity index (χ4v) is 3.37. The largest absolute Gasteiger partial charge is 0.482 e. The molecule has 6 heteroatoms. The van der Waals surface area contributed by atoms with Gasteiger partial charge in [-0.3, -0.25) is 14.5 Å². The van der Waals surface area contributed by atoms with Crippen LogP contribution in [0.3, 0.4) is 0 Å². The summed E-state index contributed by atoms with van der Waals surface area (Å²) < 4.78 is 5.37. The number of anilines is 1. The molecule has 2 aliphatic rings. The molecule has 2 aliphatic heterocycles. The Kier molecular flexibility index (Phi) is 5.04. The Morgan fingerprint density at radius 2 is 2.08 bits per heavy atom. The lowest BCUT2D eigenvalue weighted by Crippen LogP contribution is -2.45. The second-order valence-corrected chi connectivity index (χ2v) is 6.81. The van der Waals surface area contributed by atoms with E-state index in [2.05, 4.69) is 29.4 Å². The zero-order valence-electron chi connectivity index (χ0n) is 14.3. The maximum absolute atomic E-state index is 12.5. The highest BCUT2D eigenvalue weighted by Crippen LogP contribution is 2.28. The Hall–Kier alpha value is -2.08. The number of ether oxygens (including phenoxy) is 1. The van der Waals surface area contributed by atoms with Crippen LogP contribution < -0.4 is 15.4 Å². The number of carbonyl (C=O) groups is 2. The third-order valence-corrected chi connectivity index (χ3v) is 4.73. The summed E-state index contributed by atoms with van der Waals surface area (Å²) >= 11 is 0. The van der Waals surface area contributed by atoms with E-state index in [1.54, 1.807) is 18.2 Å². The molecule has 0 aromatic heterocycles. The molecule has 1 saturated heterocycles. The van der Waals surface area contributed by atoms with Crippen LogP contribution in [0, 0.1) is 5.92 Å². The Morgan fingerprint density at radius 1 is 1.33 bits per heavy atom. The number of amides is 2. The predicted molar refractivity (Wildman–Crippen MR) is 92.3 cm³/mol. The summed E-state index contributed by atoms with van der Waals surface area (Å²) in [6.45, 7) is 7.26. The van der Waals surface area contributed by atoms with Gasteiger partial charge in [-0.15, -0.1) is 0 Å². The van der Waals surface area contributed by atoms with Crippen LogP contribution in [0.4, 0.5) is 5.69 Å². The Morgan fingerprint density at radius 3 is 2.79 bits per heavy atom. The molecule has 0 radical (unpaired) electrons. The second-order valence-electron chi connectivity index (χ2n) is 6.81. The van der Waals surface area contributed by atoms with Gasteiger partial charge in [0.05, 0.1) is 5.69 Å². The van der Waals surface area contributed by atoms with Crippen molar-refractivity contribution in [3.8, 4) is 5.75 Å². The van der Waals surface area contributed by atoms with Crippen molar-refractivity contribution in [3.63, 3.8) is 0 Å². The highest BCUT2D eigenvalue weighted by atomic mass is 16.5. The molecule has 0 saturated carbocycles. The fourth-order valence-electron chi connectivity index (χ4n) is 3.37. The molecular weight excluding hydrogens is 306 g/mol. The second kappa shape index (κ2) is 7.21. The van der Waals surface area contributed by atoms with E-state index in [0.717, 1.165) is 13.1 Å². The van der Waals surface area contributed by atoms with Gasteiger partial charge in [0, 0.05) is 18.2 Å². The minimum atomic E-state index is -0.176. The first-order chi connectivity index (χ1) is 11.5. The van der Waals surface area contributed by atoms with Crippen LogP contribution in [0.2, 0.25) is 0 Å². The van der Waals surface area contributed by atoms with Crippen molar-refractivity contribution in [1.29, 1.82) is 0 Å². The van der Waals surface area contributed by atoms with Crippen molar-refractivity contribution in [2.75, 3.05) is 31.6 Å². The van der Waals surface area contributed by atoms with E-state index in [1.165, 1.54) is 12.8 Å². The molecule has 130 valence electrons. The van der Waals surface area contributed by atoms with Gasteiger partial charge in [-0.1, -0.05) is 13.8 Å². The van der Waals surface area contributed by atoms with Crippen LogP contribution in [0.25, 0.3) is 0 Å². The third-order valence-electron chi connectivity index (χ3n) is 4.73. The van der Waals surface area contributed by atoms with Gasteiger partial charge in [0.1, 0.15) is 5.75 Å². The number of carbonyl (C=O) groups excluding carboxylic acids is 2. The standard InChI is InChI=1S/C18H25N3O3/c1-12(2)15(21-7-3-4-8-21)10-19-18(23)13-5-6-14-16(9-13)24-11-17(22)20-14/h5-6,9,12,15H,3-4,7-8,10-11H2,1-2H3,(H,19,23)(H,20,22)/t15-/m0/s1. The highest BCUT2D eigenvalue weighted by molar-refractivity contribution is 5.98. The average Bonchev–Trinajstić information content (AvgIpc) is 3.08. The molecule has 2 N–H and O–H groups in total. The van der Waals surface area contributed by atoms with Crippen molar-refractivity contribution in [2.24, 2.45) is 5.92 Å². The van der Waals surface area contributed by atoms with Crippen LogP contribution in [0.5, 0.6) is 5.75 Å². The van der Waals surface area contributed by atoms with Crippen molar-refractivity contribution >= 4 is 17.5 Å². The van der Waals surface area contributed by atoms with E-state index in [1.807, 2.05) is 0 Å². The molecule has 0 bridgehead atoms. The number of likely N-dealkylation sites (tertiary alicyclic amines) is 1. The van der Waals surface area contributed by atoms with E-state index >= 15 is 0 Å². The summed E-state index contributed by atoms with van der Waals surface area (Å²) in [5.41, 5.74) is 1.16. The highest BCUT2D eigenvalue weighted by Gasteiger charge is 2.25. The molecule has 3 rings (SSSR count). The van der Waals surface area contributed by atoms with Crippen LogP contribution in [0.1, 0.15) is 37.0 Å². The van der Waals surface area contributed by atoms with Crippen LogP contribution in [0.15, 0.2) is 18.2 Å². The van der Waals surface area contributed by atoms with E-state index < -0.39 is 0 Å². The molecule has 2 amide bonds. The number of hydrogen-bond donors (Lipinski definition) is 2. The topological polar surface area (TPSA) is 70.7 Å². The first-order valence-electron chi connectivity index (χ1n) is 8.63. The van der Waals surface area contributed by atoms with Crippen molar-refractivity contribution < 1.29 is 14.3 Å². The van der Waals surface area contributed by atoms with Gasteiger partial charge in [0.2, 0.25) is 0 Å². The van der Waals surface area contributed by atoms with Gasteiger partial charge in [-0.2, -0.15) is 0 Å². The normalized spacial score (nSPS) is 18.7. The number of nitrogens with zero attached hydrogens (tertiary/aromatic N) is 1. The maximum atomic E-state index is 12.5. The van der Waals surface area contributed by atoms with Gasteiger partial charge < -0.3 is 15.4 Å². The summed E-state index contributed by atoms with van der Waals surface area (Å²) in [7, 11) is 0. The molecule has 2 heterocycles. The van der Waals surface area contributed by atoms with E-state index in [-0.39, 0.29) is 18.4 Å². The molecular formula is C18H25N3O3. The Labute approximate surface area is 142 Å². The third kappa shape index (κ3) is 3.70.